The molecule has 0 aliphatic heterocycles. The molecule has 0 saturated carbocycles. The molecule has 3 aromatic rings. The van der Waals surface area contributed by atoms with Crippen molar-refractivity contribution in [1.29, 1.82) is 0 Å². The van der Waals surface area contributed by atoms with Crippen molar-refractivity contribution in [1.82, 2.24) is 20.6 Å². The van der Waals surface area contributed by atoms with E-state index in [4.69, 9.17) is 0 Å². The number of rotatable bonds is 4. The maximum absolute atomic E-state index is 3.95. The average molecular weight is 330 g/mol. The molecule has 2 aromatic carbocycles. The summed E-state index contributed by atoms with van der Waals surface area (Å²) in [5.74, 6) is 0.601. The summed E-state index contributed by atoms with van der Waals surface area (Å²) < 4.78 is 1.09. The Hall–Kier alpha value is -2.21. The smallest absolute Gasteiger partial charge is 0.204 e. The first kappa shape index (κ1) is 12.8. The van der Waals surface area contributed by atoms with E-state index in [2.05, 4.69) is 54.0 Å². The number of anilines is 1. The highest BCUT2D eigenvalue weighted by Gasteiger charge is 2.02. The van der Waals surface area contributed by atoms with Gasteiger partial charge in [-0.05, 0) is 47.2 Å². The second-order valence-corrected chi connectivity index (χ2v) is 5.21. The number of nitrogens with zero attached hydrogens (tertiary/aromatic N) is 3. The van der Waals surface area contributed by atoms with Gasteiger partial charge in [0.25, 0.3) is 0 Å². The van der Waals surface area contributed by atoms with Crippen molar-refractivity contribution in [2.45, 2.75) is 6.54 Å². The van der Waals surface area contributed by atoms with Gasteiger partial charge in [-0.15, -0.1) is 10.2 Å². The highest BCUT2D eigenvalue weighted by Crippen LogP contribution is 2.18. The molecule has 0 saturated heterocycles. The van der Waals surface area contributed by atoms with Crippen molar-refractivity contribution < 1.29 is 0 Å². The molecule has 0 atom stereocenters. The first-order valence-electron chi connectivity index (χ1n) is 6.13. The van der Waals surface area contributed by atoms with Gasteiger partial charge in [-0.3, -0.25) is 0 Å². The fourth-order valence-corrected chi connectivity index (χ4v) is 2.09. The van der Waals surface area contributed by atoms with Gasteiger partial charge < -0.3 is 5.32 Å². The Morgan fingerprint density at radius 3 is 2.40 bits per heavy atom. The summed E-state index contributed by atoms with van der Waals surface area (Å²) in [6, 6.07) is 16.2. The Kier molecular flexibility index (Phi) is 3.73. The molecule has 0 unspecified atom stereocenters. The predicted molar refractivity (Wildman–Crippen MR) is 81.1 cm³/mol. The molecule has 5 nitrogen and oxygen atoms in total. The fraction of sp³-hybridized carbons (Fsp3) is 0.0714. The largest absolute Gasteiger partial charge is 0.381 e. The number of aromatic nitrogens is 4. The average Bonchev–Trinajstić information content (AvgIpc) is 3.01. The molecule has 0 fully saturated rings. The second-order valence-electron chi connectivity index (χ2n) is 4.29. The van der Waals surface area contributed by atoms with Gasteiger partial charge in [-0.25, -0.2) is 0 Å². The molecule has 20 heavy (non-hydrogen) atoms. The van der Waals surface area contributed by atoms with Crippen molar-refractivity contribution >= 4 is 21.6 Å². The summed E-state index contributed by atoms with van der Waals surface area (Å²) in [6.45, 7) is 0.787. The standard InChI is InChI=1S/C14H12BrN5/c15-12-5-1-10(2-6-12)9-16-13-7-3-11(4-8-13)14-17-19-20-18-14/h1-8,16H,9H2,(H,17,18,19,20). The van der Waals surface area contributed by atoms with E-state index in [0.717, 1.165) is 22.3 Å². The van der Waals surface area contributed by atoms with Gasteiger partial charge in [0, 0.05) is 22.3 Å². The zero-order valence-corrected chi connectivity index (χ0v) is 12.1. The molecule has 3 rings (SSSR count). The SMILES string of the molecule is Brc1ccc(CNc2ccc(-c3nn[nH]n3)cc2)cc1. The van der Waals surface area contributed by atoms with E-state index in [1.165, 1.54) is 5.56 Å². The molecule has 6 heteroatoms. The van der Waals surface area contributed by atoms with Crippen LogP contribution in [0.25, 0.3) is 11.4 Å². The number of hydrogen-bond donors (Lipinski definition) is 2. The maximum Gasteiger partial charge on any atom is 0.204 e. The van der Waals surface area contributed by atoms with Crippen molar-refractivity contribution in [2.24, 2.45) is 0 Å². The lowest BCUT2D eigenvalue weighted by Gasteiger charge is -2.07. The topological polar surface area (TPSA) is 66.5 Å². The van der Waals surface area contributed by atoms with Crippen LogP contribution in [0.2, 0.25) is 0 Å². The second kappa shape index (κ2) is 5.83. The molecule has 0 aliphatic rings. The minimum Gasteiger partial charge on any atom is -0.381 e. The summed E-state index contributed by atoms with van der Waals surface area (Å²) in [6.07, 6.45) is 0. The van der Waals surface area contributed by atoms with E-state index < -0.39 is 0 Å². The minimum absolute atomic E-state index is 0.601. The summed E-state index contributed by atoms with van der Waals surface area (Å²) in [4.78, 5) is 0. The molecular formula is C14H12BrN5. The summed E-state index contributed by atoms with van der Waals surface area (Å²) in [7, 11) is 0. The lowest BCUT2D eigenvalue weighted by Crippen LogP contribution is -1.98. The zero-order valence-electron chi connectivity index (χ0n) is 10.5. The predicted octanol–water partition coefficient (Wildman–Crippen LogP) is 3.24. The first-order chi connectivity index (χ1) is 9.81. The quantitative estimate of drug-likeness (QED) is 0.771. The van der Waals surface area contributed by atoms with E-state index in [1.807, 2.05) is 36.4 Å². The third-order valence-electron chi connectivity index (χ3n) is 2.90. The van der Waals surface area contributed by atoms with Crippen molar-refractivity contribution in [2.75, 3.05) is 5.32 Å². The normalized spacial score (nSPS) is 10.4. The van der Waals surface area contributed by atoms with Crippen LogP contribution in [0, 0.1) is 0 Å². The Morgan fingerprint density at radius 1 is 1.00 bits per heavy atom. The Labute approximate surface area is 124 Å². The van der Waals surface area contributed by atoms with Crippen LogP contribution in [-0.4, -0.2) is 20.6 Å². The highest BCUT2D eigenvalue weighted by molar-refractivity contribution is 9.10. The lowest BCUT2D eigenvalue weighted by molar-refractivity contribution is 0.881. The summed E-state index contributed by atoms with van der Waals surface area (Å²) in [5.41, 5.74) is 3.23. The third-order valence-corrected chi connectivity index (χ3v) is 3.43. The fourth-order valence-electron chi connectivity index (χ4n) is 1.83. The third kappa shape index (κ3) is 3.03. The molecule has 0 radical (unpaired) electrons. The van der Waals surface area contributed by atoms with Crippen molar-refractivity contribution in [3.63, 3.8) is 0 Å². The van der Waals surface area contributed by atoms with Gasteiger partial charge in [0.2, 0.25) is 5.82 Å². The first-order valence-corrected chi connectivity index (χ1v) is 6.93. The van der Waals surface area contributed by atoms with Gasteiger partial charge in [-0.2, -0.15) is 5.21 Å². The van der Waals surface area contributed by atoms with Crippen molar-refractivity contribution in [3.8, 4) is 11.4 Å². The maximum atomic E-state index is 3.95. The Morgan fingerprint density at radius 2 is 1.75 bits per heavy atom. The number of H-pyrrole nitrogens is 1. The van der Waals surface area contributed by atoms with Crippen LogP contribution in [0.15, 0.2) is 53.0 Å². The van der Waals surface area contributed by atoms with E-state index in [9.17, 15) is 0 Å². The van der Waals surface area contributed by atoms with Gasteiger partial charge in [0.15, 0.2) is 0 Å². The van der Waals surface area contributed by atoms with E-state index in [0.29, 0.717) is 5.82 Å². The molecule has 2 N–H and O–H groups in total. The molecule has 0 aliphatic carbocycles. The molecule has 0 spiro atoms. The van der Waals surface area contributed by atoms with Crippen LogP contribution in [0.1, 0.15) is 5.56 Å². The van der Waals surface area contributed by atoms with Crippen LogP contribution in [0.5, 0.6) is 0 Å². The van der Waals surface area contributed by atoms with Crippen LogP contribution in [0.4, 0.5) is 5.69 Å². The lowest BCUT2D eigenvalue weighted by atomic mass is 10.2. The molecular weight excluding hydrogens is 318 g/mol. The van der Waals surface area contributed by atoms with Gasteiger partial charge in [0.1, 0.15) is 0 Å². The monoisotopic (exact) mass is 329 g/mol. The van der Waals surface area contributed by atoms with Crippen LogP contribution in [-0.2, 0) is 6.54 Å². The number of aromatic amines is 1. The molecule has 100 valence electrons. The highest BCUT2D eigenvalue weighted by atomic mass is 79.9. The van der Waals surface area contributed by atoms with Gasteiger partial charge >= 0.3 is 0 Å². The number of tetrazole rings is 1. The molecule has 1 aromatic heterocycles. The molecule has 1 heterocycles. The summed E-state index contributed by atoms with van der Waals surface area (Å²) >= 11 is 3.43. The van der Waals surface area contributed by atoms with Gasteiger partial charge in [-0.1, -0.05) is 28.1 Å². The van der Waals surface area contributed by atoms with E-state index >= 15 is 0 Å². The zero-order chi connectivity index (χ0) is 13.8. The van der Waals surface area contributed by atoms with Gasteiger partial charge in [0.05, 0.1) is 0 Å². The van der Waals surface area contributed by atoms with Crippen molar-refractivity contribution in [3.05, 3.63) is 58.6 Å². The number of benzene rings is 2. The van der Waals surface area contributed by atoms with Crippen LogP contribution in [0.3, 0.4) is 0 Å². The minimum atomic E-state index is 0.601. The Balaban J connectivity index is 1.65. The molecule has 0 amide bonds. The van der Waals surface area contributed by atoms with E-state index in [-0.39, 0.29) is 0 Å². The Bertz CT molecular complexity index is 662. The molecule has 0 bridgehead atoms. The summed E-state index contributed by atoms with van der Waals surface area (Å²) in [5, 5.41) is 17.3. The number of halogens is 1. The number of hydrogen-bond acceptors (Lipinski definition) is 4. The van der Waals surface area contributed by atoms with Crippen LogP contribution >= 0.6 is 15.9 Å². The van der Waals surface area contributed by atoms with Crippen LogP contribution < -0.4 is 5.32 Å². The number of nitrogens with one attached hydrogen (secondary N) is 2. The van der Waals surface area contributed by atoms with E-state index in [1.54, 1.807) is 0 Å².